The summed E-state index contributed by atoms with van der Waals surface area (Å²) in [5, 5.41) is 4.02. The van der Waals surface area contributed by atoms with Gasteiger partial charge in [0.1, 0.15) is 0 Å². The molecule has 0 radical (unpaired) electrons. The fourth-order valence-electron chi connectivity index (χ4n) is 2.13. The van der Waals surface area contributed by atoms with Crippen LogP contribution < -0.4 is 5.73 Å². The molecule has 0 saturated carbocycles. The fourth-order valence-corrected chi connectivity index (χ4v) is 2.13. The molecule has 0 saturated heterocycles. The van der Waals surface area contributed by atoms with E-state index >= 15 is 0 Å². The number of hydrogen-bond donors (Lipinski definition) is 1. The summed E-state index contributed by atoms with van der Waals surface area (Å²) in [6.07, 6.45) is 0.841. The van der Waals surface area contributed by atoms with Crippen LogP contribution in [0.25, 0.3) is 11.4 Å². The third-order valence-electron chi connectivity index (χ3n) is 3.32. The lowest BCUT2D eigenvalue weighted by Gasteiger charge is -2.08. The Kier molecular flexibility index (Phi) is 4.55. The summed E-state index contributed by atoms with van der Waals surface area (Å²) in [7, 11) is 0. The van der Waals surface area contributed by atoms with Gasteiger partial charge in [-0.1, -0.05) is 57.1 Å². The van der Waals surface area contributed by atoms with Gasteiger partial charge in [0.25, 0.3) is 0 Å². The Hall–Kier alpha value is -1.68. The van der Waals surface area contributed by atoms with E-state index < -0.39 is 0 Å². The van der Waals surface area contributed by atoms with Gasteiger partial charge in [-0.2, -0.15) is 4.98 Å². The molecule has 0 spiro atoms. The first-order chi connectivity index (χ1) is 9.47. The number of nitrogens with zero attached hydrogens (tertiary/aromatic N) is 2. The van der Waals surface area contributed by atoms with Gasteiger partial charge >= 0.3 is 0 Å². The lowest BCUT2D eigenvalue weighted by Crippen LogP contribution is -2.13. The van der Waals surface area contributed by atoms with Crippen molar-refractivity contribution in [3.8, 4) is 11.4 Å². The van der Waals surface area contributed by atoms with Gasteiger partial charge in [0, 0.05) is 5.56 Å². The highest BCUT2D eigenvalue weighted by Crippen LogP contribution is 2.23. The van der Waals surface area contributed by atoms with Crippen LogP contribution in [0.3, 0.4) is 0 Å². The largest absolute Gasteiger partial charge is 0.337 e. The van der Waals surface area contributed by atoms with Gasteiger partial charge in [0.15, 0.2) is 0 Å². The summed E-state index contributed by atoms with van der Waals surface area (Å²) in [6.45, 7) is 8.60. The highest BCUT2D eigenvalue weighted by atomic mass is 16.5. The third kappa shape index (κ3) is 3.45. The summed E-state index contributed by atoms with van der Waals surface area (Å²) >= 11 is 0. The molecular formula is C16H23N3O. The molecule has 4 nitrogen and oxygen atoms in total. The van der Waals surface area contributed by atoms with Crippen molar-refractivity contribution < 1.29 is 4.52 Å². The Labute approximate surface area is 120 Å². The quantitative estimate of drug-likeness (QED) is 0.897. The fraction of sp³-hybridized carbons (Fsp3) is 0.500. The smallest absolute Gasteiger partial charge is 0.243 e. The molecule has 0 aliphatic carbocycles. The van der Waals surface area contributed by atoms with Crippen LogP contribution in [-0.2, 0) is 0 Å². The predicted octanol–water partition coefficient (Wildman–Crippen LogP) is 3.91. The highest BCUT2D eigenvalue weighted by Gasteiger charge is 2.16. The zero-order chi connectivity index (χ0) is 14.7. The molecule has 0 unspecified atom stereocenters. The van der Waals surface area contributed by atoms with Crippen LogP contribution in [0, 0.1) is 5.92 Å². The normalized spacial score (nSPS) is 13.2. The van der Waals surface area contributed by atoms with Gasteiger partial charge in [-0.15, -0.1) is 0 Å². The van der Waals surface area contributed by atoms with Crippen LogP contribution in [0.1, 0.15) is 57.5 Å². The Morgan fingerprint density at radius 1 is 1.10 bits per heavy atom. The summed E-state index contributed by atoms with van der Waals surface area (Å²) < 4.78 is 5.27. The molecule has 1 atom stereocenters. The van der Waals surface area contributed by atoms with E-state index in [9.17, 15) is 0 Å². The standard InChI is InChI=1S/C16H23N3O/c1-10(2)9-14(17)16-18-15(19-20-16)13-7-5-12(6-8-13)11(3)4/h5-8,10-11,14H,9,17H2,1-4H3/t14-/m1/s1. The average molecular weight is 273 g/mol. The minimum absolute atomic E-state index is 0.189. The van der Waals surface area contributed by atoms with E-state index in [2.05, 4.69) is 50.0 Å². The molecule has 0 fully saturated rings. The van der Waals surface area contributed by atoms with Crippen molar-refractivity contribution in [3.63, 3.8) is 0 Å². The third-order valence-corrected chi connectivity index (χ3v) is 3.32. The lowest BCUT2D eigenvalue weighted by atomic mass is 10.0. The molecular weight excluding hydrogens is 250 g/mol. The maximum atomic E-state index is 6.05. The van der Waals surface area contributed by atoms with E-state index in [1.54, 1.807) is 0 Å². The van der Waals surface area contributed by atoms with Crippen molar-refractivity contribution in [1.82, 2.24) is 10.1 Å². The molecule has 2 rings (SSSR count). The average Bonchev–Trinajstić information content (AvgIpc) is 2.87. The van der Waals surface area contributed by atoms with Crippen molar-refractivity contribution in [2.24, 2.45) is 11.7 Å². The molecule has 1 aromatic heterocycles. The van der Waals surface area contributed by atoms with Gasteiger partial charge in [0.05, 0.1) is 6.04 Å². The molecule has 0 aliphatic heterocycles. The highest BCUT2D eigenvalue weighted by molar-refractivity contribution is 5.54. The summed E-state index contributed by atoms with van der Waals surface area (Å²) in [4.78, 5) is 4.41. The van der Waals surface area contributed by atoms with Crippen LogP contribution in [0.4, 0.5) is 0 Å². The molecule has 108 valence electrons. The van der Waals surface area contributed by atoms with Crippen LogP contribution in [-0.4, -0.2) is 10.1 Å². The van der Waals surface area contributed by atoms with Crippen molar-refractivity contribution in [3.05, 3.63) is 35.7 Å². The number of nitrogens with two attached hydrogens (primary N) is 1. The van der Waals surface area contributed by atoms with Crippen molar-refractivity contribution >= 4 is 0 Å². The topological polar surface area (TPSA) is 64.9 Å². The first-order valence-electron chi connectivity index (χ1n) is 7.17. The van der Waals surface area contributed by atoms with Gasteiger partial charge in [-0.25, -0.2) is 0 Å². The van der Waals surface area contributed by atoms with E-state index in [0.29, 0.717) is 23.6 Å². The summed E-state index contributed by atoms with van der Waals surface area (Å²) in [6, 6.07) is 8.07. The molecule has 4 heteroatoms. The van der Waals surface area contributed by atoms with E-state index in [-0.39, 0.29) is 6.04 Å². The molecule has 1 aromatic carbocycles. The number of rotatable bonds is 5. The first kappa shape index (κ1) is 14.7. The molecule has 2 N–H and O–H groups in total. The van der Waals surface area contributed by atoms with E-state index in [4.69, 9.17) is 10.3 Å². The van der Waals surface area contributed by atoms with Crippen LogP contribution in [0.5, 0.6) is 0 Å². The van der Waals surface area contributed by atoms with Crippen molar-refractivity contribution in [1.29, 1.82) is 0 Å². The number of hydrogen-bond acceptors (Lipinski definition) is 4. The van der Waals surface area contributed by atoms with Gasteiger partial charge in [-0.05, 0) is 23.8 Å². The zero-order valence-corrected chi connectivity index (χ0v) is 12.6. The Balaban J connectivity index is 2.16. The Morgan fingerprint density at radius 3 is 2.30 bits per heavy atom. The van der Waals surface area contributed by atoms with E-state index in [1.165, 1.54) is 5.56 Å². The number of benzene rings is 1. The molecule has 1 heterocycles. The number of aromatic nitrogens is 2. The Morgan fingerprint density at radius 2 is 1.75 bits per heavy atom. The maximum absolute atomic E-state index is 6.05. The lowest BCUT2D eigenvalue weighted by molar-refractivity contribution is 0.335. The Bertz CT molecular complexity index is 543. The molecule has 0 aliphatic rings. The summed E-state index contributed by atoms with van der Waals surface area (Å²) in [5.74, 6) is 2.14. The SMILES string of the molecule is CC(C)C[C@@H](N)c1nc(-c2ccc(C(C)C)cc2)no1. The second-order valence-electron chi connectivity index (χ2n) is 5.97. The second-order valence-corrected chi connectivity index (χ2v) is 5.97. The molecule has 0 amide bonds. The van der Waals surface area contributed by atoms with Gasteiger partial charge in [0.2, 0.25) is 11.7 Å². The van der Waals surface area contributed by atoms with Crippen LogP contribution in [0.2, 0.25) is 0 Å². The minimum atomic E-state index is -0.189. The molecule has 20 heavy (non-hydrogen) atoms. The van der Waals surface area contributed by atoms with Crippen molar-refractivity contribution in [2.45, 2.75) is 46.1 Å². The van der Waals surface area contributed by atoms with E-state index in [0.717, 1.165) is 12.0 Å². The monoisotopic (exact) mass is 273 g/mol. The predicted molar refractivity (Wildman–Crippen MR) is 80.2 cm³/mol. The maximum Gasteiger partial charge on any atom is 0.243 e. The molecule has 2 aromatic rings. The van der Waals surface area contributed by atoms with Crippen LogP contribution in [0.15, 0.2) is 28.8 Å². The van der Waals surface area contributed by atoms with Crippen LogP contribution >= 0.6 is 0 Å². The second kappa shape index (κ2) is 6.18. The molecule has 0 bridgehead atoms. The zero-order valence-electron chi connectivity index (χ0n) is 12.6. The van der Waals surface area contributed by atoms with Crippen molar-refractivity contribution in [2.75, 3.05) is 0 Å². The van der Waals surface area contributed by atoms with Gasteiger partial charge in [-0.3, -0.25) is 0 Å². The minimum Gasteiger partial charge on any atom is -0.337 e. The van der Waals surface area contributed by atoms with Gasteiger partial charge < -0.3 is 10.3 Å². The van der Waals surface area contributed by atoms with E-state index in [1.807, 2.05) is 12.1 Å². The first-order valence-corrected chi connectivity index (χ1v) is 7.17. The summed E-state index contributed by atoms with van der Waals surface area (Å²) in [5.41, 5.74) is 8.31.